The van der Waals surface area contributed by atoms with E-state index >= 15 is 0 Å². The lowest BCUT2D eigenvalue weighted by molar-refractivity contribution is 0.995. The second kappa shape index (κ2) is 6.89. The van der Waals surface area contributed by atoms with Crippen LogP contribution in [0.2, 0.25) is 0 Å². The average molecular weight is 498 g/mol. The van der Waals surface area contributed by atoms with E-state index in [2.05, 4.69) is 129 Å². The molecule has 3 nitrogen and oxygen atoms in total. The molecule has 3 aromatic carbocycles. The van der Waals surface area contributed by atoms with Crippen LogP contribution in [-0.4, -0.2) is 13.2 Å². The first kappa shape index (κ1) is 20.0. The third-order valence-electron chi connectivity index (χ3n) is 9.08. The zero-order valence-electron chi connectivity index (χ0n) is 21.2. The van der Waals surface area contributed by atoms with Gasteiger partial charge in [-0.05, 0) is 65.6 Å². The zero-order valence-corrected chi connectivity index (χ0v) is 21.2. The summed E-state index contributed by atoms with van der Waals surface area (Å²) in [5, 5.41) is 9.23. The molecule has 6 aromatic heterocycles. The largest absolute Gasteiger partial charge is 0.315 e. The van der Waals surface area contributed by atoms with Gasteiger partial charge in [-0.15, -0.1) is 0 Å². The van der Waals surface area contributed by atoms with E-state index in [9.17, 15) is 0 Å². The van der Waals surface area contributed by atoms with E-state index in [1.54, 1.807) is 0 Å². The van der Waals surface area contributed by atoms with E-state index in [-0.39, 0.29) is 0 Å². The molecule has 6 heterocycles. The van der Waals surface area contributed by atoms with Crippen molar-refractivity contribution in [1.82, 2.24) is 13.2 Å². The van der Waals surface area contributed by atoms with E-state index in [0.717, 1.165) is 12.8 Å². The Morgan fingerprint density at radius 2 is 0.949 bits per heavy atom. The molecule has 0 fully saturated rings. The quantitative estimate of drug-likeness (QED) is 0.185. The van der Waals surface area contributed by atoms with Crippen LogP contribution in [0.25, 0.3) is 76.9 Å². The normalized spacial score (nSPS) is 13.8. The summed E-state index contributed by atoms with van der Waals surface area (Å²) in [7, 11) is 0. The summed E-state index contributed by atoms with van der Waals surface area (Å²) in [5.41, 5.74) is 10.5. The first-order chi connectivity index (χ1) is 19.4. The predicted molar refractivity (Wildman–Crippen MR) is 164 cm³/mol. The van der Waals surface area contributed by atoms with Gasteiger partial charge in [-0.2, -0.15) is 0 Å². The van der Waals surface area contributed by atoms with Gasteiger partial charge in [-0.25, -0.2) is 0 Å². The Hall–Kier alpha value is -5.02. The van der Waals surface area contributed by atoms with E-state index in [0.29, 0.717) is 0 Å². The summed E-state index contributed by atoms with van der Waals surface area (Å²) >= 11 is 0. The fourth-order valence-electron chi connectivity index (χ4n) is 7.63. The van der Waals surface area contributed by atoms with Crippen LogP contribution in [-0.2, 0) is 6.42 Å². The molecule has 0 spiro atoms. The van der Waals surface area contributed by atoms with Gasteiger partial charge in [0.05, 0.1) is 33.1 Å². The molecular formula is C36H23N3. The first-order valence-corrected chi connectivity index (χ1v) is 13.8. The fourth-order valence-corrected chi connectivity index (χ4v) is 7.63. The second-order valence-electron chi connectivity index (χ2n) is 10.9. The van der Waals surface area contributed by atoms with Gasteiger partial charge in [0, 0.05) is 51.1 Å². The molecule has 0 atom stereocenters. The van der Waals surface area contributed by atoms with Crippen molar-refractivity contribution in [2.75, 3.05) is 0 Å². The second-order valence-corrected chi connectivity index (χ2v) is 10.9. The Morgan fingerprint density at radius 1 is 0.462 bits per heavy atom. The van der Waals surface area contributed by atoms with Gasteiger partial charge in [0.15, 0.2) is 0 Å². The van der Waals surface area contributed by atoms with Crippen molar-refractivity contribution in [2.45, 2.75) is 12.8 Å². The van der Waals surface area contributed by atoms with Gasteiger partial charge in [0.2, 0.25) is 0 Å². The van der Waals surface area contributed by atoms with Gasteiger partial charge in [-0.3, -0.25) is 0 Å². The number of fused-ring (bicyclic) bond motifs is 21. The maximum atomic E-state index is 2.46. The zero-order chi connectivity index (χ0) is 25.2. The van der Waals surface area contributed by atoms with Crippen molar-refractivity contribution in [3.8, 4) is 0 Å². The molecule has 3 heteroatoms. The van der Waals surface area contributed by atoms with Crippen LogP contribution in [0.5, 0.6) is 0 Å². The smallest absolute Gasteiger partial charge is 0.0655 e. The minimum atomic E-state index is 1.05. The summed E-state index contributed by atoms with van der Waals surface area (Å²) < 4.78 is 7.35. The Labute approximate surface area is 223 Å². The summed E-state index contributed by atoms with van der Waals surface area (Å²) in [6.45, 7) is 0. The van der Waals surface area contributed by atoms with Crippen molar-refractivity contribution in [1.29, 1.82) is 0 Å². The third-order valence-corrected chi connectivity index (χ3v) is 9.08. The number of rotatable bonds is 0. The number of allylic oxidation sites excluding steroid dienone is 1. The Kier molecular flexibility index (Phi) is 3.53. The van der Waals surface area contributed by atoms with Crippen LogP contribution in [0.3, 0.4) is 0 Å². The lowest BCUT2D eigenvalue weighted by Crippen LogP contribution is -2.05. The molecule has 10 rings (SSSR count). The number of nitrogens with zero attached hydrogens (tertiary/aromatic N) is 3. The summed E-state index contributed by atoms with van der Waals surface area (Å²) in [4.78, 5) is 0. The lowest BCUT2D eigenvalue weighted by Gasteiger charge is -2.24. The van der Waals surface area contributed by atoms with Crippen molar-refractivity contribution in [3.05, 3.63) is 121 Å². The number of benzene rings is 3. The van der Waals surface area contributed by atoms with Gasteiger partial charge in [0.1, 0.15) is 0 Å². The topological polar surface area (TPSA) is 13.2 Å². The van der Waals surface area contributed by atoms with Crippen LogP contribution < -0.4 is 0 Å². The summed E-state index contributed by atoms with van der Waals surface area (Å²) in [6.07, 6.45) is 13.6. The van der Waals surface area contributed by atoms with Crippen LogP contribution in [0.4, 0.5) is 0 Å². The highest BCUT2D eigenvalue weighted by molar-refractivity contribution is 6.36. The predicted octanol–water partition coefficient (Wildman–Crippen LogP) is 9.17. The highest BCUT2D eigenvalue weighted by Gasteiger charge is 2.25. The molecule has 0 radical (unpaired) electrons. The standard InChI is InChI=1S/C36H23N3/c1-4-13-25-22(10-1)28-16-7-19-37(28)34-31(25)35-33(27-15-6-3-12-24(27)29-17-8-20-38(29)35)36-32(34)26-14-5-2-11-23(26)30-18-9-21-39(30)36/h1-5,7-14,16-21H,6,15H2. The van der Waals surface area contributed by atoms with Crippen LogP contribution in [0.1, 0.15) is 17.5 Å². The van der Waals surface area contributed by atoms with Crippen LogP contribution >= 0.6 is 0 Å². The Bertz CT molecular complexity index is 2480. The summed E-state index contributed by atoms with van der Waals surface area (Å²) in [5.74, 6) is 0. The molecule has 0 aliphatic heterocycles. The summed E-state index contributed by atoms with van der Waals surface area (Å²) in [6, 6.07) is 31.3. The van der Waals surface area contributed by atoms with Crippen molar-refractivity contribution >= 4 is 76.9 Å². The lowest BCUT2D eigenvalue weighted by atomic mass is 9.88. The number of hydrogen-bond acceptors (Lipinski definition) is 0. The molecule has 0 N–H and O–H groups in total. The maximum Gasteiger partial charge on any atom is 0.0655 e. The van der Waals surface area contributed by atoms with E-state index in [1.165, 1.54) is 81.9 Å². The molecule has 9 aromatic rings. The molecule has 39 heavy (non-hydrogen) atoms. The molecule has 0 bridgehead atoms. The molecule has 182 valence electrons. The molecular weight excluding hydrogens is 474 g/mol. The van der Waals surface area contributed by atoms with Gasteiger partial charge < -0.3 is 13.2 Å². The van der Waals surface area contributed by atoms with Crippen molar-refractivity contribution in [3.63, 3.8) is 0 Å². The van der Waals surface area contributed by atoms with Gasteiger partial charge in [-0.1, -0.05) is 60.7 Å². The Morgan fingerprint density at radius 3 is 1.54 bits per heavy atom. The fraction of sp³-hybridized carbons (Fsp3) is 0.0556. The molecule has 0 amide bonds. The number of hydrogen-bond donors (Lipinski definition) is 0. The van der Waals surface area contributed by atoms with Crippen LogP contribution in [0, 0.1) is 0 Å². The van der Waals surface area contributed by atoms with Crippen LogP contribution in [0.15, 0.2) is 110 Å². The SMILES string of the molecule is C1=Cc2c(c3c(c4c5ccccc5c5cccn5c4c4c5ccccc5c5cccn5c34)n3cccc23)CC1. The molecule has 1 aliphatic carbocycles. The Balaban J connectivity index is 1.73. The molecule has 0 saturated heterocycles. The highest BCUT2D eigenvalue weighted by Crippen LogP contribution is 2.46. The minimum absolute atomic E-state index is 1.05. The monoisotopic (exact) mass is 497 g/mol. The maximum absolute atomic E-state index is 2.46. The van der Waals surface area contributed by atoms with Crippen molar-refractivity contribution < 1.29 is 0 Å². The van der Waals surface area contributed by atoms with E-state index < -0.39 is 0 Å². The first-order valence-electron chi connectivity index (χ1n) is 13.8. The van der Waals surface area contributed by atoms with Gasteiger partial charge in [0.25, 0.3) is 0 Å². The van der Waals surface area contributed by atoms with E-state index in [1.807, 2.05) is 0 Å². The highest BCUT2D eigenvalue weighted by atomic mass is 14.9. The van der Waals surface area contributed by atoms with Crippen molar-refractivity contribution in [2.24, 2.45) is 0 Å². The molecule has 1 aliphatic rings. The molecule has 0 unspecified atom stereocenters. The molecule has 0 saturated carbocycles. The number of aryl methyl sites for hydroxylation is 1. The minimum Gasteiger partial charge on any atom is -0.315 e. The average Bonchev–Trinajstić information content (AvgIpc) is 3.77. The third kappa shape index (κ3) is 2.27. The van der Waals surface area contributed by atoms with Gasteiger partial charge >= 0.3 is 0 Å². The van der Waals surface area contributed by atoms with E-state index in [4.69, 9.17) is 0 Å². The number of aromatic nitrogens is 3. The number of pyridine rings is 3.